The zero-order chi connectivity index (χ0) is 22.1. The maximum absolute atomic E-state index is 12.4. The number of rotatable bonds is 7. The smallest absolute Gasteiger partial charge is 0.225 e. The molecule has 2 aliphatic rings. The lowest BCUT2D eigenvalue weighted by atomic mass is 10.1. The summed E-state index contributed by atoms with van der Waals surface area (Å²) in [6.45, 7) is 13.7. The van der Waals surface area contributed by atoms with E-state index >= 15 is 0 Å². The Labute approximate surface area is 189 Å². The van der Waals surface area contributed by atoms with Crippen molar-refractivity contribution < 1.29 is 4.79 Å². The van der Waals surface area contributed by atoms with Gasteiger partial charge in [0.05, 0.1) is 35.5 Å². The Balaban J connectivity index is 1.43. The number of hydrogen-bond donors (Lipinski definition) is 1. The zero-order valence-electron chi connectivity index (χ0n) is 19.1. The molecule has 1 N–H and O–H groups in total. The van der Waals surface area contributed by atoms with Gasteiger partial charge in [-0.05, 0) is 20.4 Å². The standard InChI is InChI=1S/C23H34N6OS/c1-15(2)23(30)28-9-7-22-20(12-28)26-17(4)29(22)18-10-16(3)27(11-18)8-6-19(24-5)21-13-31-14-25-21/h13-15,18-19,24H,3,6-12H2,1-2,4-5H3. The summed E-state index contributed by atoms with van der Waals surface area (Å²) in [6, 6.07) is 0.633. The molecule has 2 atom stereocenters. The molecule has 2 aromatic rings. The molecule has 8 heteroatoms. The third-order valence-corrected chi connectivity index (χ3v) is 7.20. The Kier molecular flexibility index (Phi) is 6.48. The number of carbonyl (C=O) groups is 1. The number of aromatic nitrogens is 3. The molecule has 4 rings (SSSR count). The molecule has 0 aromatic carbocycles. The molecule has 0 bridgehead atoms. The Morgan fingerprint density at radius 3 is 2.90 bits per heavy atom. The predicted octanol–water partition coefficient (Wildman–Crippen LogP) is 3.30. The van der Waals surface area contributed by atoms with Crippen molar-refractivity contribution in [1.82, 2.24) is 29.7 Å². The van der Waals surface area contributed by atoms with Gasteiger partial charge in [-0.2, -0.15) is 0 Å². The van der Waals surface area contributed by atoms with E-state index in [-0.39, 0.29) is 17.9 Å². The molecular weight excluding hydrogens is 408 g/mol. The molecule has 2 aliphatic heterocycles. The number of amides is 1. The minimum atomic E-state index is 0.0298. The van der Waals surface area contributed by atoms with Crippen LogP contribution in [-0.4, -0.2) is 56.9 Å². The molecule has 1 amide bonds. The number of allylic oxidation sites excluding steroid dienone is 1. The Bertz CT molecular complexity index is 934. The second kappa shape index (κ2) is 9.12. The first-order chi connectivity index (χ1) is 14.9. The average molecular weight is 443 g/mol. The molecule has 0 radical (unpaired) electrons. The summed E-state index contributed by atoms with van der Waals surface area (Å²) >= 11 is 1.64. The second-order valence-corrected chi connectivity index (χ2v) is 9.72. The van der Waals surface area contributed by atoms with E-state index in [1.54, 1.807) is 11.3 Å². The molecule has 31 heavy (non-hydrogen) atoms. The molecule has 168 valence electrons. The van der Waals surface area contributed by atoms with Gasteiger partial charge in [-0.3, -0.25) is 4.79 Å². The highest BCUT2D eigenvalue weighted by molar-refractivity contribution is 7.07. The van der Waals surface area contributed by atoms with Crippen LogP contribution in [-0.2, 0) is 17.8 Å². The molecule has 0 aliphatic carbocycles. The van der Waals surface area contributed by atoms with Crippen molar-refractivity contribution in [2.75, 3.05) is 26.7 Å². The fourth-order valence-corrected chi connectivity index (χ4v) is 5.58. The van der Waals surface area contributed by atoms with Crippen molar-refractivity contribution in [1.29, 1.82) is 0 Å². The number of nitrogens with one attached hydrogen (secondary N) is 1. The average Bonchev–Trinajstić information content (AvgIpc) is 3.46. The third-order valence-electron chi connectivity index (χ3n) is 6.59. The van der Waals surface area contributed by atoms with E-state index in [1.165, 1.54) is 11.4 Å². The fourth-order valence-electron chi connectivity index (χ4n) is 4.97. The van der Waals surface area contributed by atoms with Crippen LogP contribution in [0.3, 0.4) is 0 Å². The molecule has 2 unspecified atom stereocenters. The number of nitrogens with zero attached hydrogens (tertiary/aromatic N) is 5. The van der Waals surface area contributed by atoms with Gasteiger partial charge in [0.25, 0.3) is 0 Å². The molecule has 7 nitrogen and oxygen atoms in total. The highest BCUT2D eigenvalue weighted by Crippen LogP contribution is 2.34. The topological polar surface area (TPSA) is 66.3 Å². The number of thiazole rings is 1. The third kappa shape index (κ3) is 4.41. The van der Waals surface area contributed by atoms with Crippen molar-refractivity contribution in [3.8, 4) is 0 Å². The summed E-state index contributed by atoms with van der Waals surface area (Å²) in [5, 5.41) is 5.52. The van der Waals surface area contributed by atoms with Crippen LogP contribution in [0.25, 0.3) is 0 Å². The lowest BCUT2D eigenvalue weighted by molar-refractivity contribution is -0.135. The molecule has 2 aromatic heterocycles. The molecule has 4 heterocycles. The normalized spacial score (nSPS) is 19.9. The number of likely N-dealkylation sites (tertiary alicyclic amines) is 1. The van der Waals surface area contributed by atoms with E-state index < -0.39 is 0 Å². The van der Waals surface area contributed by atoms with Crippen LogP contribution in [0.15, 0.2) is 23.2 Å². The van der Waals surface area contributed by atoms with Crippen molar-refractivity contribution in [2.24, 2.45) is 5.92 Å². The van der Waals surface area contributed by atoms with Gasteiger partial charge in [0.1, 0.15) is 5.82 Å². The number of carbonyl (C=O) groups excluding carboxylic acids is 1. The van der Waals surface area contributed by atoms with Gasteiger partial charge in [-0.15, -0.1) is 11.3 Å². The van der Waals surface area contributed by atoms with E-state index in [0.29, 0.717) is 12.6 Å². The predicted molar refractivity (Wildman–Crippen MR) is 124 cm³/mol. The summed E-state index contributed by atoms with van der Waals surface area (Å²) in [5.41, 5.74) is 6.59. The van der Waals surface area contributed by atoms with Crippen LogP contribution >= 0.6 is 11.3 Å². The lowest BCUT2D eigenvalue weighted by Crippen LogP contribution is -2.39. The SMILES string of the molecule is C=C1CC(n2c(C)nc3c2CCN(C(=O)C(C)C)C3)CN1CCC(NC)c1cscn1. The summed E-state index contributed by atoms with van der Waals surface area (Å²) in [7, 11) is 2.00. The first kappa shape index (κ1) is 22.0. The van der Waals surface area contributed by atoms with E-state index in [9.17, 15) is 4.79 Å². The highest BCUT2D eigenvalue weighted by atomic mass is 32.1. The van der Waals surface area contributed by atoms with Crippen LogP contribution in [0, 0.1) is 12.8 Å². The van der Waals surface area contributed by atoms with Crippen molar-refractivity contribution in [3.63, 3.8) is 0 Å². The first-order valence-corrected chi connectivity index (χ1v) is 12.2. The van der Waals surface area contributed by atoms with Gasteiger partial charge in [-0.1, -0.05) is 20.4 Å². The number of aryl methyl sites for hydroxylation is 1. The molecule has 0 saturated carbocycles. The maximum atomic E-state index is 12.4. The first-order valence-electron chi connectivity index (χ1n) is 11.2. The summed E-state index contributed by atoms with van der Waals surface area (Å²) in [6.07, 6.45) is 2.84. The van der Waals surface area contributed by atoms with Crippen LogP contribution in [0.1, 0.15) is 61.7 Å². The van der Waals surface area contributed by atoms with Crippen LogP contribution in [0.5, 0.6) is 0 Å². The molecular formula is C23H34N6OS. The number of imidazole rings is 1. The van der Waals surface area contributed by atoms with Gasteiger partial charge in [0.2, 0.25) is 5.91 Å². The monoisotopic (exact) mass is 442 g/mol. The number of hydrogen-bond acceptors (Lipinski definition) is 6. The molecule has 1 fully saturated rings. The van der Waals surface area contributed by atoms with Crippen molar-refractivity contribution in [2.45, 2.75) is 58.7 Å². The van der Waals surface area contributed by atoms with Crippen molar-refractivity contribution in [3.05, 3.63) is 46.1 Å². The Hall–Kier alpha value is -2.19. The Morgan fingerprint density at radius 1 is 1.42 bits per heavy atom. The Morgan fingerprint density at radius 2 is 2.23 bits per heavy atom. The summed E-state index contributed by atoms with van der Waals surface area (Å²) < 4.78 is 2.42. The van der Waals surface area contributed by atoms with E-state index in [2.05, 4.69) is 38.7 Å². The van der Waals surface area contributed by atoms with Crippen LogP contribution < -0.4 is 5.32 Å². The van der Waals surface area contributed by atoms with E-state index in [1.807, 2.05) is 31.3 Å². The zero-order valence-corrected chi connectivity index (χ0v) is 19.9. The van der Waals surface area contributed by atoms with Crippen molar-refractivity contribution >= 4 is 17.2 Å². The number of fused-ring (bicyclic) bond motifs is 1. The van der Waals surface area contributed by atoms with E-state index in [0.717, 1.165) is 56.1 Å². The lowest BCUT2D eigenvalue weighted by Gasteiger charge is -2.29. The summed E-state index contributed by atoms with van der Waals surface area (Å²) in [5.74, 6) is 1.30. The van der Waals surface area contributed by atoms with Gasteiger partial charge >= 0.3 is 0 Å². The minimum absolute atomic E-state index is 0.0298. The van der Waals surface area contributed by atoms with Gasteiger partial charge in [0, 0.05) is 55.2 Å². The largest absolute Gasteiger partial charge is 0.373 e. The van der Waals surface area contributed by atoms with Gasteiger partial charge in [-0.25, -0.2) is 9.97 Å². The fraction of sp³-hybridized carbons (Fsp3) is 0.609. The quantitative estimate of drug-likeness (QED) is 0.713. The molecule has 0 spiro atoms. The van der Waals surface area contributed by atoms with Crippen LogP contribution in [0.4, 0.5) is 0 Å². The van der Waals surface area contributed by atoms with Gasteiger partial charge in [0.15, 0.2) is 0 Å². The highest BCUT2D eigenvalue weighted by Gasteiger charge is 2.33. The van der Waals surface area contributed by atoms with Gasteiger partial charge < -0.3 is 19.7 Å². The maximum Gasteiger partial charge on any atom is 0.225 e. The minimum Gasteiger partial charge on any atom is -0.373 e. The molecule has 1 saturated heterocycles. The van der Waals surface area contributed by atoms with Crippen LogP contribution in [0.2, 0.25) is 0 Å². The second-order valence-electron chi connectivity index (χ2n) is 9.00. The van der Waals surface area contributed by atoms with E-state index in [4.69, 9.17) is 4.98 Å². The summed E-state index contributed by atoms with van der Waals surface area (Å²) in [4.78, 5) is 26.2.